The van der Waals surface area contributed by atoms with Gasteiger partial charge >= 0.3 is 51.4 Å². The zero-order chi connectivity index (χ0) is 10.1. The standard InChI is InChI=1S/C7H9NO4S.K/c1-12-6-2-5(8)3-7(4-6)13(9,10)11;/h2-4H,8H2,1H3,(H,9,10,11);/q;+1/p-1. The molecule has 0 heterocycles. The Morgan fingerprint density at radius 1 is 1.36 bits per heavy atom. The normalized spacial score (nSPS) is 10.4. The fraction of sp³-hybridized carbons (Fsp3) is 0.143. The van der Waals surface area contributed by atoms with Gasteiger partial charge in [-0.05, 0) is 12.1 Å². The molecule has 72 valence electrons. The Hall–Kier alpha value is 0.366. The van der Waals surface area contributed by atoms with Gasteiger partial charge in [-0.1, -0.05) is 0 Å². The molecule has 0 aromatic heterocycles. The third kappa shape index (κ3) is 3.85. The number of ether oxygens (including phenoxy) is 1. The van der Waals surface area contributed by atoms with E-state index in [-0.39, 0.29) is 67.7 Å². The van der Waals surface area contributed by atoms with Crippen molar-refractivity contribution in [2.45, 2.75) is 4.90 Å². The van der Waals surface area contributed by atoms with Crippen molar-refractivity contribution in [1.82, 2.24) is 0 Å². The molecular formula is C7H8KNO4S. The molecule has 1 rings (SSSR count). The van der Waals surface area contributed by atoms with Crippen LogP contribution in [0.3, 0.4) is 0 Å². The van der Waals surface area contributed by atoms with Gasteiger partial charge in [0.15, 0.2) is 0 Å². The smallest absolute Gasteiger partial charge is 0.744 e. The van der Waals surface area contributed by atoms with Crippen molar-refractivity contribution in [1.29, 1.82) is 0 Å². The number of anilines is 1. The van der Waals surface area contributed by atoms with E-state index in [9.17, 15) is 13.0 Å². The van der Waals surface area contributed by atoms with Crippen LogP contribution in [0.25, 0.3) is 0 Å². The minimum absolute atomic E-state index is 0. The molecule has 0 saturated carbocycles. The van der Waals surface area contributed by atoms with Crippen molar-refractivity contribution in [2.24, 2.45) is 0 Å². The van der Waals surface area contributed by atoms with Crippen LogP contribution in [-0.4, -0.2) is 20.1 Å². The Labute approximate surface area is 125 Å². The van der Waals surface area contributed by atoms with Crippen molar-refractivity contribution < 1.29 is 69.1 Å². The third-order valence-corrected chi connectivity index (χ3v) is 2.24. The van der Waals surface area contributed by atoms with Gasteiger partial charge in [0.25, 0.3) is 0 Å². The van der Waals surface area contributed by atoms with Gasteiger partial charge in [0.1, 0.15) is 15.9 Å². The summed E-state index contributed by atoms with van der Waals surface area (Å²) in [6, 6.07) is 3.64. The molecule has 2 N–H and O–H groups in total. The first-order valence-corrected chi connectivity index (χ1v) is 4.75. The molecule has 0 spiro atoms. The van der Waals surface area contributed by atoms with Crippen molar-refractivity contribution in [3.8, 4) is 5.75 Å². The van der Waals surface area contributed by atoms with E-state index in [1.807, 2.05) is 0 Å². The second kappa shape index (κ2) is 5.45. The average Bonchev–Trinajstić information content (AvgIpc) is 2.01. The molecule has 0 amide bonds. The number of nitrogens with two attached hydrogens (primary N) is 1. The quantitative estimate of drug-likeness (QED) is 0.343. The second-order valence-electron chi connectivity index (χ2n) is 2.40. The third-order valence-electron chi connectivity index (χ3n) is 1.43. The van der Waals surface area contributed by atoms with E-state index in [0.29, 0.717) is 0 Å². The molecule has 0 aliphatic heterocycles. The molecule has 1 aromatic rings. The topological polar surface area (TPSA) is 92.5 Å². The van der Waals surface area contributed by atoms with Gasteiger partial charge < -0.3 is 15.0 Å². The molecule has 14 heavy (non-hydrogen) atoms. The number of rotatable bonds is 2. The Kier molecular flexibility index (Phi) is 5.59. The van der Waals surface area contributed by atoms with Crippen molar-refractivity contribution in [3.05, 3.63) is 18.2 Å². The van der Waals surface area contributed by atoms with Gasteiger partial charge in [-0.2, -0.15) is 0 Å². The molecule has 7 heteroatoms. The van der Waals surface area contributed by atoms with E-state index in [1.165, 1.54) is 13.2 Å². The maximum absolute atomic E-state index is 10.6. The summed E-state index contributed by atoms with van der Waals surface area (Å²) in [4.78, 5) is -0.385. The van der Waals surface area contributed by atoms with Crippen LogP contribution in [0.2, 0.25) is 0 Å². The minimum Gasteiger partial charge on any atom is -0.744 e. The fourth-order valence-electron chi connectivity index (χ4n) is 0.856. The van der Waals surface area contributed by atoms with Crippen molar-refractivity contribution >= 4 is 15.8 Å². The summed E-state index contributed by atoms with van der Waals surface area (Å²) in [5.74, 6) is 0.245. The van der Waals surface area contributed by atoms with E-state index in [4.69, 9.17) is 10.5 Å². The molecule has 5 nitrogen and oxygen atoms in total. The molecule has 0 atom stereocenters. The van der Waals surface area contributed by atoms with Crippen LogP contribution >= 0.6 is 0 Å². The molecule has 0 fully saturated rings. The first kappa shape index (κ1) is 14.4. The fourth-order valence-corrected chi connectivity index (χ4v) is 1.40. The average molecular weight is 241 g/mol. The minimum atomic E-state index is -4.47. The van der Waals surface area contributed by atoms with Crippen LogP contribution in [-0.2, 0) is 10.1 Å². The summed E-state index contributed by atoms with van der Waals surface area (Å²) in [5, 5.41) is 0. The Bertz CT molecular complexity index is 418. The maximum Gasteiger partial charge on any atom is 1.00 e. The van der Waals surface area contributed by atoms with Crippen LogP contribution in [0.4, 0.5) is 5.69 Å². The summed E-state index contributed by atoms with van der Waals surface area (Å²) in [6.07, 6.45) is 0. The molecule has 0 unspecified atom stereocenters. The molecule has 0 saturated heterocycles. The monoisotopic (exact) mass is 241 g/mol. The van der Waals surface area contributed by atoms with Gasteiger partial charge in [-0.15, -0.1) is 0 Å². The van der Waals surface area contributed by atoms with Gasteiger partial charge in [0.2, 0.25) is 0 Å². The molecule has 0 bridgehead atoms. The zero-order valence-corrected chi connectivity index (χ0v) is 11.8. The largest absolute Gasteiger partial charge is 1.00 e. The van der Waals surface area contributed by atoms with E-state index >= 15 is 0 Å². The second-order valence-corrected chi connectivity index (χ2v) is 3.78. The number of hydrogen-bond acceptors (Lipinski definition) is 5. The Morgan fingerprint density at radius 3 is 2.36 bits per heavy atom. The predicted octanol–water partition coefficient (Wildman–Crippen LogP) is -2.81. The van der Waals surface area contributed by atoms with Crippen molar-refractivity contribution in [2.75, 3.05) is 12.8 Å². The first-order chi connectivity index (χ1) is 5.93. The number of hydrogen-bond donors (Lipinski definition) is 1. The Balaban J connectivity index is 0.00000169. The van der Waals surface area contributed by atoms with E-state index in [2.05, 4.69) is 0 Å². The SMILES string of the molecule is COc1cc(N)cc(S(=O)(=O)[O-])c1.[K+]. The summed E-state index contributed by atoms with van der Waals surface area (Å²) in [5.41, 5.74) is 5.52. The van der Waals surface area contributed by atoms with Crippen LogP contribution in [0, 0.1) is 0 Å². The van der Waals surface area contributed by atoms with Gasteiger partial charge in [-0.25, -0.2) is 8.42 Å². The van der Waals surface area contributed by atoms with Crippen LogP contribution in [0.1, 0.15) is 0 Å². The van der Waals surface area contributed by atoms with Gasteiger partial charge in [0.05, 0.1) is 12.0 Å². The van der Waals surface area contributed by atoms with E-state index in [1.54, 1.807) is 0 Å². The number of methoxy groups -OCH3 is 1. The molecular weight excluding hydrogens is 233 g/mol. The maximum atomic E-state index is 10.6. The molecule has 0 aliphatic carbocycles. The van der Waals surface area contributed by atoms with Crippen LogP contribution in [0.5, 0.6) is 5.75 Å². The number of benzene rings is 1. The van der Waals surface area contributed by atoms with Crippen LogP contribution in [0.15, 0.2) is 23.1 Å². The molecule has 1 aromatic carbocycles. The Morgan fingerprint density at radius 2 is 1.93 bits per heavy atom. The molecule has 0 aliphatic rings. The van der Waals surface area contributed by atoms with Crippen LogP contribution < -0.4 is 61.9 Å². The van der Waals surface area contributed by atoms with Gasteiger partial charge in [0, 0.05) is 11.8 Å². The van der Waals surface area contributed by atoms with E-state index in [0.717, 1.165) is 12.1 Å². The summed E-state index contributed by atoms with van der Waals surface area (Å²) in [7, 11) is -3.11. The predicted molar refractivity (Wildman–Crippen MR) is 45.4 cm³/mol. The molecule has 0 radical (unpaired) electrons. The first-order valence-electron chi connectivity index (χ1n) is 3.34. The number of nitrogen functional groups attached to an aromatic ring is 1. The van der Waals surface area contributed by atoms with Crippen molar-refractivity contribution in [3.63, 3.8) is 0 Å². The van der Waals surface area contributed by atoms with Gasteiger partial charge in [-0.3, -0.25) is 0 Å². The summed E-state index contributed by atoms with van der Waals surface area (Å²) >= 11 is 0. The van der Waals surface area contributed by atoms with E-state index < -0.39 is 10.1 Å². The summed E-state index contributed by atoms with van der Waals surface area (Å²) in [6.45, 7) is 0. The zero-order valence-electron chi connectivity index (χ0n) is 7.85. The summed E-state index contributed by atoms with van der Waals surface area (Å²) < 4.78 is 36.5.